The number of aromatic nitrogens is 3. The number of nitrogens with zero attached hydrogens (tertiary/aromatic N) is 4. The van der Waals surface area contributed by atoms with Gasteiger partial charge in [-0.2, -0.15) is 0 Å². The van der Waals surface area contributed by atoms with Gasteiger partial charge in [0.1, 0.15) is 0 Å². The third kappa shape index (κ3) is 5.33. The summed E-state index contributed by atoms with van der Waals surface area (Å²) in [5, 5.41) is 12.5. The summed E-state index contributed by atoms with van der Waals surface area (Å²) in [6.07, 6.45) is 2.75. The molecule has 4 rings (SSSR count). The van der Waals surface area contributed by atoms with E-state index in [4.69, 9.17) is 0 Å². The minimum Gasteiger partial charge on any atom is -0.328 e. The number of rotatable bonds is 8. The average Bonchev–Trinajstić information content (AvgIpc) is 3.49. The van der Waals surface area contributed by atoms with Crippen LogP contribution in [-0.4, -0.2) is 43.8 Å². The number of hydrogen-bond donors (Lipinski definition) is 1. The summed E-state index contributed by atoms with van der Waals surface area (Å²) in [5.74, 6) is 0.970. The average molecular weight is 478 g/mol. The van der Waals surface area contributed by atoms with Gasteiger partial charge in [0.05, 0.1) is 11.8 Å². The van der Waals surface area contributed by atoms with Gasteiger partial charge in [0.25, 0.3) is 5.91 Å². The summed E-state index contributed by atoms with van der Waals surface area (Å²) in [6.45, 7) is 7.53. The summed E-state index contributed by atoms with van der Waals surface area (Å²) < 4.78 is 2.03. The van der Waals surface area contributed by atoms with Crippen molar-refractivity contribution in [2.75, 3.05) is 17.6 Å². The van der Waals surface area contributed by atoms with Crippen molar-refractivity contribution in [3.63, 3.8) is 0 Å². The molecule has 0 spiro atoms. The van der Waals surface area contributed by atoms with Gasteiger partial charge in [-0.15, -0.1) is 10.2 Å². The van der Waals surface area contributed by atoms with Gasteiger partial charge < -0.3 is 14.8 Å². The second kappa shape index (κ2) is 10.9. The smallest absolute Gasteiger partial charge is 0.254 e. The quantitative estimate of drug-likeness (QED) is 0.468. The monoisotopic (exact) mass is 477 g/mol. The molecule has 2 heterocycles. The van der Waals surface area contributed by atoms with E-state index in [1.165, 1.54) is 17.3 Å². The van der Waals surface area contributed by atoms with Crippen LogP contribution >= 0.6 is 11.8 Å². The summed E-state index contributed by atoms with van der Waals surface area (Å²) >= 11 is 1.37. The van der Waals surface area contributed by atoms with E-state index in [2.05, 4.69) is 22.4 Å². The number of carbonyl (C=O) groups is 2. The Hall–Kier alpha value is -3.13. The molecule has 1 atom stereocenters. The lowest BCUT2D eigenvalue weighted by Crippen LogP contribution is -2.32. The molecule has 0 aliphatic carbocycles. The van der Waals surface area contributed by atoms with E-state index in [9.17, 15) is 9.59 Å². The number of hydrogen-bond acceptors (Lipinski definition) is 5. The SMILES string of the molecule is CCc1ccc(NC(=O)CSc2nnc(C3CCCN3C(=O)c3ccc(C)cc3)n2CC)cc1. The highest BCUT2D eigenvalue weighted by Gasteiger charge is 2.34. The van der Waals surface area contributed by atoms with E-state index >= 15 is 0 Å². The standard InChI is InChI=1S/C26H31N5O2S/c1-4-19-10-14-21(15-11-19)27-23(32)17-34-26-29-28-24(30(26)5-2)22-7-6-16-31(22)25(33)20-12-8-18(3)9-13-20/h8-15,22H,4-7,16-17H2,1-3H3,(H,27,32). The maximum atomic E-state index is 13.2. The number of nitrogens with one attached hydrogen (secondary N) is 1. The molecule has 1 N–H and O–H groups in total. The molecule has 1 aromatic heterocycles. The number of aryl methyl sites for hydroxylation is 2. The molecule has 7 nitrogen and oxygen atoms in total. The lowest BCUT2D eigenvalue weighted by Gasteiger charge is -2.24. The molecule has 0 saturated carbocycles. The second-order valence-electron chi connectivity index (χ2n) is 8.49. The number of carbonyl (C=O) groups excluding carboxylic acids is 2. The molecule has 178 valence electrons. The highest BCUT2D eigenvalue weighted by molar-refractivity contribution is 7.99. The third-order valence-corrected chi connectivity index (χ3v) is 7.12. The Labute approximate surface area is 205 Å². The highest BCUT2D eigenvalue weighted by atomic mass is 32.2. The van der Waals surface area contributed by atoms with Gasteiger partial charge in [-0.05, 0) is 62.9 Å². The Balaban J connectivity index is 1.43. The van der Waals surface area contributed by atoms with Crippen LogP contribution in [0.4, 0.5) is 5.69 Å². The molecule has 8 heteroatoms. The fraction of sp³-hybridized carbons (Fsp3) is 0.385. The van der Waals surface area contributed by atoms with E-state index in [1.807, 2.05) is 71.8 Å². The highest BCUT2D eigenvalue weighted by Crippen LogP contribution is 2.34. The summed E-state index contributed by atoms with van der Waals surface area (Å²) in [6, 6.07) is 15.5. The minimum absolute atomic E-state index is 0.0239. The maximum absolute atomic E-state index is 13.2. The molecule has 2 aromatic carbocycles. The van der Waals surface area contributed by atoms with Crippen LogP contribution in [0.15, 0.2) is 53.7 Å². The van der Waals surface area contributed by atoms with Crippen molar-refractivity contribution in [3.05, 3.63) is 71.0 Å². The molecule has 1 saturated heterocycles. The molecule has 0 bridgehead atoms. The Morgan fingerprint density at radius 1 is 1.06 bits per heavy atom. The molecule has 34 heavy (non-hydrogen) atoms. The molecular formula is C26H31N5O2S. The summed E-state index contributed by atoms with van der Waals surface area (Å²) in [7, 11) is 0. The second-order valence-corrected chi connectivity index (χ2v) is 9.44. The van der Waals surface area contributed by atoms with Crippen molar-refractivity contribution in [1.82, 2.24) is 19.7 Å². The van der Waals surface area contributed by atoms with Crippen LogP contribution in [0.5, 0.6) is 0 Å². The molecule has 1 fully saturated rings. The van der Waals surface area contributed by atoms with E-state index in [-0.39, 0.29) is 23.6 Å². The van der Waals surface area contributed by atoms with Crippen molar-refractivity contribution in [1.29, 1.82) is 0 Å². The third-order valence-electron chi connectivity index (χ3n) is 6.15. The minimum atomic E-state index is -0.110. The lowest BCUT2D eigenvalue weighted by atomic mass is 10.1. The molecular weight excluding hydrogens is 446 g/mol. The van der Waals surface area contributed by atoms with Crippen molar-refractivity contribution >= 4 is 29.3 Å². The number of likely N-dealkylation sites (tertiary alicyclic amines) is 1. The molecule has 2 amide bonds. The van der Waals surface area contributed by atoms with Gasteiger partial charge in [0, 0.05) is 24.3 Å². The Bertz CT molecular complexity index is 1140. The fourth-order valence-electron chi connectivity index (χ4n) is 4.24. The van der Waals surface area contributed by atoms with Gasteiger partial charge in [0.2, 0.25) is 5.91 Å². The first-order valence-corrected chi connectivity index (χ1v) is 12.8. The van der Waals surface area contributed by atoms with Gasteiger partial charge in [-0.3, -0.25) is 9.59 Å². The van der Waals surface area contributed by atoms with Gasteiger partial charge >= 0.3 is 0 Å². The zero-order valence-corrected chi connectivity index (χ0v) is 20.8. The zero-order valence-electron chi connectivity index (χ0n) is 20.0. The van der Waals surface area contributed by atoms with E-state index in [0.29, 0.717) is 23.8 Å². The van der Waals surface area contributed by atoms with Crippen LogP contribution in [0, 0.1) is 6.92 Å². The van der Waals surface area contributed by atoms with E-state index in [1.54, 1.807) is 0 Å². The van der Waals surface area contributed by atoms with Crippen LogP contribution < -0.4 is 5.32 Å². The number of amides is 2. The number of benzene rings is 2. The van der Waals surface area contributed by atoms with Gasteiger partial charge in [-0.25, -0.2) is 0 Å². The van der Waals surface area contributed by atoms with Gasteiger partial charge in [0.15, 0.2) is 11.0 Å². The van der Waals surface area contributed by atoms with Crippen LogP contribution in [0.1, 0.15) is 60.0 Å². The predicted molar refractivity (Wildman–Crippen MR) is 135 cm³/mol. The Morgan fingerprint density at radius 2 is 1.79 bits per heavy atom. The van der Waals surface area contributed by atoms with Crippen molar-refractivity contribution in [2.45, 2.75) is 57.8 Å². The number of anilines is 1. The lowest BCUT2D eigenvalue weighted by molar-refractivity contribution is -0.113. The Kier molecular flexibility index (Phi) is 7.67. The van der Waals surface area contributed by atoms with Crippen LogP contribution in [0.2, 0.25) is 0 Å². The first-order valence-electron chi connectivity index (χ1n) is 11.8. The van der Waals surface area contributed by atoms with Crippen molar-refractivity contribution < 1.29 is 9.59 Å². The van der Waals surface area contributed by atoms with Crippen LogP contribution in [-0.2, 0) is 17.8 Å². The van der Waals surface area contributed by atoms with E-state index < -0.39 is 0 Å². The molecule has 1 aliphatic heterocycles. The first kappa shape index (κ1) is 24.0. The van der Waals surface area contributed by atoms with Crippen LogP contribution in [0.25, 0.3) is 0 Å². The Morgan fingerprint density at radius 3 is 2.47 bits per heavy atom. The van der Waals surface area contributed by atoms with E-state index in [0.717, 1.165) is 36.3 Å². The zero-order chi connectivity index (χ0) is 24.1. The maximum Gasteiger partial charge on any atom is 0.254 e. The number of thioether (sulfide) groups is 1. The molecule has 3 aromatic rings. The van der Waals surface area contributed by atoms with Crippen molar-refractivity contribution in [2.24, 2.45) is 0 Å². The fourth-order valence-corrected chi connectivity index (χ4v) is 5.05. The molecule has 1 aliphatic rings. The van der Waals surface area contributed by atoms with Crippen LogP contribution in [0.3, 0.4) is 0 Å². The van der Waals surface area contributed by atoms with Crippen molar-refractivity contribution in [3.8, 4) is 0 Å². The molecule has 1 unspecified atom stereocenters. The normalized spacial score (nSPS) is 15.5. The first-order chi connectivity index (χ1) is 16.5. The summed E-state index contributed by atoms with van der Waals surface area (Å²) in [4.78, 5) is 27.6. The topological polar surface area (TPSA) is 80.1 Å². The largest absolute Gasteiger partial charge is 0.328 e. The predicted octanol–water partition coefficient (Wildman–Crippen LogP) is 4.88. The summed E-state index contributed by atoms with van der Waals surface area (Å²) in [5.41, 5.74) is 3.84. The molecule has 0 radical (unpaired) electrons. The van der Waals surface area contributed by atoms with Gasteiger partial charge in [-0.1, -0.05) is 48.5 Å².